The number of carbonyl (C=O) groups excluding carboxylic acids is 3. The quantitative estimate of drug-likeness (QED) is 0.363. The molecule has 2 bridgehead atoms. The van der Waals surface area contributed by atoms with Crippen LogP contribution in [0.5, 0.6) is 5.75 Å². The molecule has 0 aromatic heterocycles. The number of rotatable bonds is 3. The van der Waals surface area contributed by atoms with E-state index in [9.17, 15) is 24.6 Å². The van der Waals surface area contributed by atoms with E-state index in [1.165, 1.54) is 18.2 Å². The fourth-order valence-corrected chi connectivity index (χ4v) is 8.40. The number of aliphatic hydroxyl groups excluding tert-OH is 1. The number of ether oxygens (including phenoxy) is 3. The van der Waals surface area contributed by atoms with Gasteiger partial charge in [-0.1, -0.05) is 32.6 Å². The third-order valence-corrected chi connectivity index (χ3v) is 9.89. The summed E-state index contributed by atoms with van der Waals surface area (Å²) < 4.78 is 17.9. The average Bonchev–Trinajstić information content (AvgIpc) is 3.27. The second-order valence-electron chi connectivity index (χ2n) is 12.0. The van der Waals surface area contributed by atoms with Crippen LogP contribution in [0.3, 0.4) is 0 Å². The Kier molecular flexibility index (Phi) is 5.28. The first-order chi connectivity index (χ1) is 17.5. The smallest absolute Gasteiger partial charge is 0.331 e. The number of phenols is 1. The van der Waals surface area contributed by atoms with Gasteiger partial charge in [-0.15, -0.1) is 0 Å². The summed E-state index contributed by atoms with van der Waals surface area (Å²) >= 11 is 0. The van der Waals surface area contributed by atoms with Gasteiger partial charge in [0, 0.05) is 23.3 Å². The lowest BCUT2D eigenvalue weighted by Gasteiger charge is -2.62. The first kappa shape index (κ1) is 24.4. The number of aromatic hydroxyl groups is 1. The lowest BCUT2D eigenvalue weighted by molar-refractivity contribution is -0.251. The molecule has 4 unspecified atom stereocenters. The minimum atomic E-state index is -1.70. The van der Waals surface area contributed by atoms with E-state index in [1.807, 2.05) is 0 Å². The maximum atomic E-state index is 13.9. The summed E-state index contributed by atoms with van der Waals surface area (Å²) in [6.45, 7) is 8.37. The molecule has 2 aliphatic heterocycles. The highest BCUT2D eigenvalue weighted by Gasteiger charge is 2.81. The van der Waals surface area contributed by atoms with Gasteiger partial charge in [0.2, 0.25) is 0 Å². The zero-order valence-corrected chi connectivity index (χ0v) is 21.0. The second-order valence-corrected chi connectivity index (χ2v) is 12.0. The first-order valence-corrected chi connectivity index (χ1v) is 13.0. The van der Waals surface area contributed by atoms with Gasteiger partial charge in [0.1, 0.15) is 18.0 Å². The number of esters is 2. The number of aliphatic hydroxyl groups is 1. The van der Waals surface area contributed by atoms with Crippen LogP contribution in [0.25, 0.3) is 6.08 Å². The van der Waals surface area contributed by atoms with Gasteiger partial charge in [0.05, 0.1) is 6.61 Å². The molecule has 1 aromatic rings. The van der Waals surface area contributed by atoms with Crippen LogP contribution in [0.1, 0.15) is 45.1 Å². The van der Waals surface area contributed by atoms with Crippen molar-refractivity contribution in [2.75, 3.05) is 6.61 Å². The topological polar surface area (TPSA) is 119 Å². The van der Waals surface area contributed by atoms with Crippen LogP contribution in [0.4, 0.5) is 0 Å². The fourth-order valence-electron chi connectivity index (χ4n) is 8.40. The monoisotopic (exact) mass is 508 g/mol. The van der Waals surface area contributed by atoms with E-state index in [0.717, 1.165) is 6.42 Å². The highest BCUT2D eigenvalue weighted by molar-refractivity contribution is 6.16. The van der Waals surface area contributed by atoms with Crippen molar-refractivity contribution in [3.8, 4) is 5.75 Å². The molecule has 2 N–H and O–H groups in total. The van der Waals surface area contributed by atoms with E-state index in [-0.39, 0.29) is 23.7 Å². The molecule has 2 heterocycles. The van der Waals surface area contributed by atoms with Crippen molar-refractivity contribution in [1.82, 2.24) is 0 Å². The largest absolute Gasteiger partial charge is 0.508 e. The molecule has 5 aliphatic rings. The van der Waals surface area contributed by atoms with Crippen LogP contribution in [0.2, 0.25) is 0 Å². The summed E-state index contributed by atoms with van der Waals surface area (Å²) in [5.41, 5.74) is -1.78. The van der Waals surface area contributed by atoms with Crippen molar-refractivity contribution in [3.63, 3.8) is 0 Å². The number of ketones is 1. The zero-order chi connectivity index (χ0) is 26.3. The van der Waals surface area contributed by atoms with Crippen molar-refractivity contribution in [2.45, 2.75) is 58.0 Å². The molecule has 37 heavy (non-hydrogen) atoms. The molecule has 2 saturated heterocycles. The number of benzene rings is 1. The molecule has 5 fully saturated rings. The molecular weight excluding hydrogens is 476 g/mol. The van der Waals surface area contributed by atoms with Gasteiger partial charge in [-0.3, -0.25) is 9.59 Å². The standard InChI is InChI=1S/C29H32O8/c1-15-18-9-10-19-28-14-35-25(33)22(28)27(2,3)13-12-20(28)36-26(34)29(19,23(15)32)24(18)37-21(31)11-6-16-4-7-17(30)8-5-16/h4-8,11,18-20,22,24-25,30,33H,1,9-10,12-14H2,2-3H3/b11-6+/t18-,19-,20-,22?,24+,25?,28?,29?/m0/s1. The number of hydrogen-bond acceptors (Lipinski definition) is 8. The Balaban J connectivity index is 1.40. The molecule has 3 saturated carbocycles. The van der Waals surface area contributed by atoms with Crippen molar-refractivity contribution in [2.24, 2.45) is 34.0 Å². The van der Waals surface area contributed by atoms with Crippen LogP contribution >= 0.6 is 0 Å². The van der Waals surface area contributed by atoms with Gasteiger partial charge < -0.3 is 24.4 Å². The molecule has 6 rings (SSSR count). The lowest BCUT2D eigenvalue weighted by Crippen LogP contribution is -2.71. The average molecular weight is 509 g/mol. The molecule has 0 amide bonds. The Morgan fingerprint density at radius 3 is 2.62 bits per heavy atom. The van der Waals surface area contributed by atoms with Gasteiger partial charge >= 0.3 is 11.9 Å². The minimum Gasteiger partial charge on any atom is -0.508 e. The summed E-state index contributed by atoms with van der Waals surface area (Å²) in [6.07, 6.45) is 2.74. The third kappa shape index (κ3) is 3.12. The summed E-state index contributed by atoms with van der Waals surface area (Å²) in [7, 11) is 0. The first-order valence-electron chi connectivity index (χ1n) is 13.0. The van der Waals surface area contributed by atoms with Crippen molar-refractivity contribution >= 4 is 23.8 Å². The molecule has 8 atom stereocenters. The maximum absolute atomic E-state index is 13.9. The molecular formula is C29H32O8. The number of hydrogen-bond donors (Lipinski definition) is 2. The number of Topliss-reactive ketones (excluding diaryl/α,β-unsaturated/α-hetero) is 1. The van der Waals surface area contributed by atoms with Crippen LogP contribution in [0.15, 0.2) is 42.5 Å². The van der Waals surface area contributed by atoms with Crippen LogP contribution < -0.4 is 0 Å². The van der Waals surface area contributed by atoms with Crippen LogP contribution in [0, 0.1) is 34.0 Å². The van der Waals surface area contributed by atoms with Crippen LogP contribution in [-0.2, 0) is 28.6 Å². The predicted molar refractivity (Wildman–Crippen MR) is 131 cm³/mol. The Morgan fingerprint density at radius 2 is 1.89 bits per heavy atom. The molecule has 8 nitrogen and oxygen atoms in total. The molecule has 196 valence electrons. The van der Waals surface area contributed by atoms with E-state index >= 15 is 0 Å². The highest BCUT2D eigenvalue weighted by atomic mass is 16.6. The van der Waals surface area contributed by atoms with E-state index in [1.54, 1.807) is 18.2 Å². The van der Waals surface area contributed by atoms with Crippen molar-refractivity contribution < 1.29 is 38.8 Å². The Morgan fingerprint density at radius 1 is 1.16 bits per heavy atom. The highest BCUT2D eigenvalue weighted by Crippen LogP contribution is 2.71. The third-order valence-electron chi connectivity index (χ3n) is 9.89. The zero-order valence-electron chi connectivity index (χ0n) is 21.0. The Labute approximate surface area is 215 Å². The molecule has 1 aromatic carbocycles. The van der Waals surface area contributed by atoms with Gasteiger partial charge in [-0.2, -0.15) is 0 Å². The van der Waals surface area contributed by atoms with Gasteiger partial charge in [-0.25, -0.2) is 4.79 Å². The van der Waals surface area contributed by atoms with E-state index in [2.05, 4.69) is 20.4 Å². The normalized spacial score (nSPS) is 41.6. The van der Waals surface area contributed by atoms with Crippen molar-refractivity contribution in [1.29, 1.82) is 0 Å². The number of phenolic OH excluding ortho intramolecular Hbond substituents is 1. The van der Waals surface area contributed by atoms with Gasteiger partial charge in [0.15, 0.2) is 17.5 Å². The van der Waals surface area contributed by atoms with Gasteiger partial charge in [0.25, 0.3) is 0 Å². The summed E-state index contributed by atoms with van der Waals surface area (Å²) in [5.74, 6) is -2.95. The van der Waals surface area contributed by atoms with Crippen LogP contribution in [-0.4, -0.2) is 53.0 Å². The van der Waals surface area contributed by atoms with E-state index in [0.29, 0.717) is 30.4 Å². The fraction of sp³-hybridized carbons (Fsp3) is 0.552. The van der Waals surface area contributed by atoms with E-state index < -0.39 is 58.9 Å². The van der Waals surface area contributed by atoms with Gasteiger partial charge in [-0.05, 0) is 66.4 Å². The maximum Gasteiger partial charge on any atom is 0.331 e. The summed E-state index contributed by atoms with van der Waals surface area (Å²) in [4.78, 5) is 40.8. The molecule has 0 radical (unpaired) electrons. The second kappa shape index (κ2) is 8.01. The number of carbonyl (C=O) groups is 3. The van der Waals surface area contributed by atoms with E-state index in [4.69, 9.17) is 14.2 Å². The molecule has 3 aliphatic carbocycles. The number of fused-ring (bicyclic) bond motifs is 1. The minimum absolute atomic E-state index is 0.111. The molecule has 8 heteroatoms. The van der Waals surface area contributed by atoms with Crippen molar-refractivity contribution in [3.05, 3.63) is 48.1 Å². The Bertz CT molecular complexity index is 1210. The summed E-state index contributed by atoms with van der Waals surface area (Å²) in [5, 5.41) is 20.4. The predicted octanol–water partition coefficient (Wildman–Crippen LogP) is 3.17. The lowest BCUT2D eigenvalue weighted by atomic mass is 9.43. The Hall–Kier alpha value is -2.97. The molecule has 2 spiro atoms. The summed E-state index contributed by atoms with van der Waals surface area (Å²) in [6, 6.07) is 6.31. The SMILES string of the molecule is C=C1C(=O)C23C(=O)O[C@H]4CCC(C)(C)C5C(O)OCC54[C@@H]2CC[C@@H]1[C@H]3OC(=O)/C=C/c1ccc(O)cc1.